The van der Waals surface area contributed by atoms with Gasteiger partial charge < -0.3 is 4.57 Å². The standard InChI is InChI=1S/C12H12N/c1-2-4-12-11(3-1)7-8-13(12)9-10-5-6-10/h1-2,4,7-8,10H,5-6,9H2. The summed E-state index contributed by atoms with van der Waals surface area (Å²) in [4.78, 5) is 0. The first-order chi connectivity index (χ1) is 6.43. The Morgan fingerprint density at radius 2 is 2.31 bits per heavy atom. The fraction of sp³-hybridized carbons (Fsp3) is 0.333. The highest BCUT2D eigenvalue weighted by Gasteiger charge is 2.21. The lowest BCUT2D eigenvalue weighted by Crippen LogP contribution is -1.96. The Kier molecular flexibility index (Phi) is 1.45. The molecule has 1 nitrogen and oxygen atoms in total. The molecular formula is C12H12N. The second-order valence-electron chi connectivity index (χ2n) is 3.88. The Bertz CT molecular complexity index is 423. The lowest BCUT2D eigenvalue weighted by molar-refractivity contribution is 0.647. The van der Waals surface area contributed by atoms with Crippen molar-refractivity contribution in [3.05, 3.63) is 36.5 Å². The van der Waals surface area contributed by atoms with Crippen molar-refractivity contribution in [2.24, 2.45) is 5.92 Å². The van der Waals surface area contributed by atoms with Crippen LogP contribution in [0, 0.1) is 12.0 Å². The quantitative estimate of drug-likeness (QED) is 0.653. The Balaban J connectivity index is 2.06. The van der Waals surface area contributed by atoms with Crippen LogP contribution in [0.3, 0.4) is 0 Å². The number of nitrogens with zero attached hydrogens (tertiary/aromatic N) is 1. The summed E-state index contributed by atoms with van der Waals surface area (Å²) < 4.78 is 2.35. The molecule has 0 aliphatic heterocycles. The van der Waals surface area contributed by atoms with E-state index in [1.54, 1.807) is 0 Å². The van der Waals surface area contributed by atoms with Crippen LogP contribution in [0.1, 0.15) is 12.8 Å². The lowest BCUT2D eigenvalue weighted by Gasteiger charge is -2.02. The van der Waals surface area contributed by atoms with Crippen LogP contribution in [0.4, 0.5) is 0 Å². The number of rotatable bonds is 2. The molecule has 1 radical (unpaired) electrons. The van der Waals surface area contributed by atoms with Gasteiger partial charge in [0.15, 0.2) is 0 Å². The molecule has 0 spiro atoms. The second kappa shape index (κ2) is 2.63. The number of aromatic nitrogens is 1. The SMILES string of the molecule is [c]1cccc2c1ccn2CC1CC1. The van der Waals surface area contributed by atoms with Crippen LogP contribution < -0.4 is 0 Å². The Morgan fingerprint density at radius 3 is 3.15 bits per heavy atom. The molecule has 0 unspecified atom stereocenters. The van der Waals surface area contributed by atoms with E-state index in [-0.39, 0.29) is 0 Å². The van der Waals surface area contributed by atoms with Crippen LogP contribution in [-0.2, 0) is 6.54 Å². The molecule has 1 saturated carbocycles. The summed E-state index contributed by atoms with van der Waals surface area (Å²) in [7, 11) is 0. The molecule has 1 fully saturated rings. The minimum atomic E-state index is 0.941. The molecule has 0 bridgehead atoms. The average Bonchev–Trinajstić information content (AvgIpc) is 2.88. The first-order valence-corrected chi connectivity index (χ1v) is 4.89. The van der Waals surface area contributed by atoms with Gasteiger partial charge in [0, 0.05) is 23.6 Å². The van der Waals surface area contributed by atoms with E-state index < -0.39 is 0 Å². The highest BCUT2D eigenvalue weighted by atomic mass is 15.0. The van der Waals surface area contributed by atoms with Crippen LogP contribution in [0.25, 0.3) is 10.9 Å². The summed E-state index contributed by atoms with van der Waals surface area (Å²) in [5, 5.41) is 1.24. The van der Waals surface area contributed by atoms with E-state index in [2.05, 4.69) is 35.0 Å². The molecule has 1 aliphatic rings. The molecule has 1 aromatic carbocycles. The zero-order chi connectivity index (χ0) is 8.67. The van der Waals surface area contributed by atoms with Gasteiger partial charge in [-0.3, -0.25) is 0 Å². The molecule has 0 atom stereocenters. The minimum Gasteiger partial charge on any atom is -0.347 e. The van der Waals surface area contributed by atoms with E-state index in [4.69, 9.17) is 0 Å². The van der Waals surface area contributed by atoms with Gasteiger partial charge in [0.2, 0.25) is 0 Å². The summed E-state index contributed by atoms with van der Waals surface area (Å²) in [6.45, 7) is 1.20. The summed E-state index contributed by atoms with van der Waals surface area (Å²) >= 11 is 0. The molecule has 1 heteroatoms. The van der Waals surface area contributed by atoms with E-state index in [1.807, 2.05) is 6.07 Å². The van der Waals surface area contributed by atoms with Crippen LogP contribution in [0.2, 0.25) is 0 Å². The lowest BCUT2D eigenvalue weighted by atomic mass is 10.2. The molecule has 0 amide bonds. The van der Waals surface area contributed by atoms with Crippen LogP contribution in [0.5, 0.6) is 0 Å². The van der Waals surface area contributed by atoms with E-state index in [0.29, 0.717) is 0 Å². The largest absolute Gasteiger partial charge is 0.347 e. The highest BCUT2D eigenvalue weighted by Crippen LogP contribution is 2.31. The third-order valence-corrected chi connectivity index (χ3v) is 2.75. The van der Waals surface area contributed by atoms with E-state index in [1.165, 1.54) is 30.3 Å². The van der Waals surface area contributed by atoms with Gasteiger partial charge in [-0.2, -0.15) is 0 Å². The van der Waals surface area contributed by atoms with Crippen molar-refractivity contribution in [3.63, 3.8) is 0 Å². The van der Waals surface area contributed by atoms with Crippen molar-refractivity contribution in [1.29, 1.82) is 0 Å². The second-order valence-corrected chi connectivity index (χ2v) is 3.88. The average molecular weight is 170 g/mol. The smallest absolute Gasteiger partial charge is 0.0486 e. The van der Waals surface area contributed by atoms with Crippen molar-refractivity contribution in [2.75, 3.05) is 0 Å². The van der Waals surface area contributed by atoms with Gasteiger partial charge in [0.25, 0.3) is 0 Å². The fourth-order valence-corrected chi connectivity index (χ4v) is 1.81. The summed E-state index contributed by atoms with van der Waals surface area (Å²) in [5.74, 6) is 0.941. The minimum absolute atomic E-state index is 0.941. The fourth-order valence-electron chi connectivity index (χ4n) is 1.81. The van der Waals surface area contributed by atoms with Gasteiger partial charge in [-0.15, -0.1) is 0 Å². The number of hydrogen-bond acceptors (Lipinski definition) is 0. The maximum absolute atomic E-state index is 3.24. The number of benzene rings is 1. The highest BCUT2D eigenvalue weighted by molar-refractivity contribution is 5.79. The zero-order valence-electron chi connectivity index (χ0n) is 7.53. The third-order valence-electron chi connectivity index (χ3n) is 2.75. The molecular weight excluding hydrogens is 158 g/mol. The van der Waals surface area contributed by atoms with E-state index in [0.717, 1.165) is 5.92 Å². The number of hydrogen-bond donors (Lipinski definition) is 0. The molecule has 1 aromatic heterocycles. The summed E-state index contributed by atoms with van der Waals surface area (Å²) in [5.41, 5.74) is 1.33. The van der Waals surface area contributed by atoms with Crippen LogP contribution in [0.15, 0.2) is 30.5 Å². The molecule has 65 valence electrons. The Labute approximate surface area is 78.0 Å². The van der Waals surface area contributed by atoms with E-state index >= 15 is 0 Å². The predicted molar refractivity (Wildman–Crippen MR) is 53.5 cm³/mol. The van der Waals surface area contributed by atoms with Crippen LogP contribution in [-0.4, -0.2) is 4.57 Å². The molecule has 1 heterocycles. The predicted octanol–water partition coefficient (Wildman–Crippen LogP) is 2.85. The van der Waals surface area contributed by atoms with Crippen LogP contribution >= 0.6 is 0 Å². The van der Waals surface area contributed by atoms with Gasteiger partial charge in [-0.25, -0.2) is 0 Å². The van der Waals surface area contributed by atoms with Crippen molar-refractivity contribution in [3.8, 4) is 0 Å². The third kappa shape index (κ3) is 1.24. The Morgan fingerprint density at radius 1 is 1.38 bits per heavy atom. The topological polar surface area (TPSA) is 4.93 Å². The monoisotopic (exact) mass is 170 g/mol. The molecule has 0 saturated heterocycles. The molecule has 3 rings (SSSR count). The maximum Gasteiger partial charge on any atom is 0.0486 e. The van der Waals surface area contributed by atoms with E-state index in [9.17, 15) is 0 Å². The summed E-state index contributed by atoms with van der Waals surface area (Å²) in [6, 6.07) is 11.6. The molecule has 1 aliphatic carbocycles. The van der Waals surface area contributed by atoms with Gasteiger partial charge in [0.05, 0.1) is 0 Å². The number of fused-ring (bicyclic) bond motifs is 1. The Hall–Kier alpha value is -1.24. The normalized spacial score (nSPS) is 16.6. The first-order valence-electron chi connectivity index (χ1n) is 4.89. The zero-order valence-corrected chi connectivity index (χ0v) is 7.53. The molecule has 0 N–H and O–H groups in total. The van der Waals surface area contributed by atoms with Gasteiger partial charge in [-0.05, 0) is 37.0 Å². The van der Waals surface area contributed by atoms with Crippen molar-refractivity contribution in [2.45, 2.75) is 19.4 Å². The van der Waals surface area contributed by atoms with Gasteiger partial charge in [0.1, 0.15) is 0 Å². The van der Waals surface area contributed by atoms with Crippen molar-refractivity contribution < 1.29 is 0 Å². The van der Waals surface area contributed by atoms with Gasteiger partial charge in [-0.1, -0.05) is 12.1 Å². The first kappa shape index (κ1) is 7.19. The summed E-state index contributed by atoms with van der Waals surface area (Å²) in [6.07, 6.45) is 5.01. The van der Waals surface area contributed by atoms with Crippen molar-refractivity contribution >= 4 is 10.9 Å². The van der Waals surface area contributed by atoms with Gasteiger partial charge >= 0.3 is 0 Å². The van der Waals surface area contributed by atoms with Crippen molar-refractivity contribution in [1.82, 2.24) is 4.57 Å². The molecule has 13 heavy (non-hydrogen) atoms. The molecule has 2 aromatic rings. The maximum atomic E-state index is 3.24.